The van der Waals surface area contributed by atoms with Gasteiger partial charge in [-0.1, -0.05) is 6.92 Å². The van der Waals surface area contributed by atoms with Crippen molar-refractivity contribution in [1.82, 2.24) is 20.1 Å². The van der Waals surface area contributed by atoms with Crippen molar-refractivity contribution in [2.24, 2.45) is 0 Å². The van der Waals surface area contributed by atoms with Crippen LogP contribution in [0.4, 0.5) is 0 Å². The van der Waals surface area contributed by atoms with Crippen molar-refractivity contribution in [2.45, 2.75) is 39.0 Å². The summed E-state index contributed by atoms with van der Waals surface area (Å²) in [5.74, 6) is 0.921. The molecule has 0 aromatic carbocycles. The van der Waals surface area contributed by atoms with Crippen LogP contribution in [-0.4, -0.2) is 33.5 Å². The molecule has 0 saturated carbocycles. The maximum Gasteiger partial charge on any atom is 0.158 e. The number of aryl methyl sites for hydroxylation is 1. The quantitative estimate of drug-likeness (QED) is 0.772. The molecule has 1 aromatic heterocycles. The van der Waals surface area contributed by atoms with E-state index < -0.39 is 0 Å². The third kappa shape index (κ3) is 2.35. The van der Waals surface area contributed by atoms with Crippen molar-refractivity contribution >= 4 is 0 Å². The summed E-state index contributed by atoms with van der Waals surface area (Å²) in [5, 5.41) is 11.2. The number of hydrogen-bond donors (Lipinski definition) is 1. The fourth-order valence-corrected chi connectivity index (χ4v) is 1.64. The van der Waals surface area contributed by atoms with Gasteiger partial charge in [-0.2, -0.15) is 0 Å². The van der Waals surface area contributed by atoms with Gasteiger partial charge in [0.05, 0.1) is 5.60 Å². The molecular formula is C10H18N4O. The van der Waals surface area contributed by atoms with E-state index in [0.717, 1.165) is 31.9 Å². The van der Waals surface area contributed by atoms with Crippen LogP contribution in [0.3, 0.4) is 0 Å². The molecule has 1 aromatic rings. The molecule has 1 aliphatic rings. The summed E-state index contributed by atoms with van der Waals surface area (Å²) in [6, 6.07) is 0. The van der Waals surface area contributed by atoms with Crippen molar-refractivity contribution in [3.05, 3.63) is 12.2 Å². The lowest BCUT2D eigenvalue weighted by atomic mass is 10.0. The van der Waals surface area contributed by atoms with Gasteiger partial charge < -0.3 is 14.6 Å². The lowest BCUT2D eigenvalue weighted by Gasteiger charge is -2.38. The number of nitrogens with zero attached hydrogens (tertiary/aromatic N) is 3. The monoisotopic (exact) mass is 210 g/mol. The summed E-state index contributed by atoms with van der Waals surface area (Å²) in [6.07, 6.45) is 2.85. The number of nitrogens with one attached hydrogen (secondary N) is 1. The van der Waals surface area contributed by atoms with Gasteiger partial charge in [-0.25, -0.2) is 0 Å². The van der Waals surface area contributed by atoms with Crippen LogP contribution in [0.2, 0.25) is 0 Å². The first kappa shape index (κ1) is 10.6. The topological polar surface area (TPSA) is 52.0 Å². The maximum atomic E-state index is 5.81. The molecule has 0 spiro atoms. The Bertz CT molecular complexity index is 319. The van der Waals surface area contributed by atoms with Gasteiger partial charge in [-0.05, 0) is 13.3 Å². The molecule has 0 radical (unpaired) electrons. The predicted molar refractivity (Wildman–Crippen MR) is 56.4 cm³/mol. The van der Waals surface area contributed by atoms with Crippen molar-refractivity contribution in [3.63, 3.8) is 0 Å². The van der Waals surface area contributed by atoms with E-state index in [4.69, 9.17) is 4.74 Å². The minimum atomic E-state index is -0.0109. The first-order chi connectivity index (χ1) is 7.23. The maximum absolute atomic E-state index is 5.81. The Morgan fingerprint density at radius 1 is 1.60 bits per heavy atom. The fraction of sp³-hybridized carbons (Fsp3) is 0.800. The lowest BCUT2D eigenvalue weighted by Crippen LogP contribution is -2.58. The largest absolute Gasteiger partial charge is 0.365 e. The summed E-state index contributed by atoms with van der Waals surface area (Å²) in [4.78, 5) is 0. The van der Waals surface area contributed by atoms with Gasteiger partial charge in [0.1, 0.15) is 12.9 Å². The van der Waals surface area contributed by atoms with E-state index >= 15 is 0 Å². The number of aromatic nitrogens is 3. The Morgan fingerprint density at radius 2 is 2.40 bits per heavy atom. The average molecular weight is 210 g/mol. The SMILES string of the molecule is CCCn1cnnc1COC1(C)CNC1. The summed E-state index contributed by atoms with van der Waals surface area (Å²) >= 11 is 0. The minimum absolute atomic E-state index is 0.0109. The van der Waals surface area contributed by atoms with Gasteiger partial charge in [-0.15, -0.1) is 10.2 Å². The second kappa shape index (κ2) is 4.28. The molecule has 1 N–H and O–H groups in total. The third-order valence-electron chi connectivity index (χ3n) is 2.71. The zero-order valence-electron chi connectivity index (χ0n) is 9.36. The van der Waals surface area contributed by atoms with E-state index in [2.05, 4.69) is 33.9 Å². The lowest BCUT2D eigenvalue weighted by molar-refractivity contribution is -0.0798. The second-order valence-corrected chi connectivity index (χ2v) is 4.28. The fourth-order valence-electron chi connectivity index (χ4n) is 1.64. The molecule has 2 heterocycles. The molecule has 0 atom stereocenters. The molecule has 15 heavy (non-hydrogen) atoms. The molecule has 84 valence electrons. The molecule has 5 heteroatoms. The molecule has 0 bridgehead atoms. The van der Waals surface area contributed by atoms with Crippen LogP contribution >= 0.6 is 0 Å². The number of rotatable bonds is 5. The molecular weight excluding hydrogens is 192 g/mol. The van der Waals surface area contributed by atoms with Crippen molar-refractivity contribution < 1.29 is 4.74 Å². The van der Waals surface area contributed by atoms with Crippen LogP contribution in [0.15, 0.2) is 6.33 Å². The van der Waals surface area contributed by atoms with Crippen LogP contribution in [-0.2, 0) is 17.9 Å². The van der Waals surface area contributed by atoms with Crippen LogP contribution in [0.1, 0.15) is 26.1 Å². The molecule has 1 aliphatic heterocycles. The van der Waals surface area contributed by atoms with Crippen molar-refractivity contribution in [2.75, 3.05) is 13.1 Å². The molecule has 1 saturated heterocycles. The summed E-state index contributed by atoms with van der Waals surface area (Å²) < 4.78 is 7.86. The number of ether oxygens (including phenoxy) is 1. The predicted octanol–water partition coefficient (Wildman–Crippen LogP) is 0.567. The highest BCUT2D eigenvalue weighted by Gasteiger charge is 2.32. The Balaban J connectivity index is 1.89. The van der Waals surface area contributed by atoms with E-state index in [-0.39, 0.29) is 5.60 Å². The molecule has 2 rings (SSSR count). The Hall–Kier alpha value is -0.940. The van der Waals surface area contributed by atoms with Crippen LogP contribution in [0, 0.1) is 0 Å². The Kier molecular flexibility index (Phi) is 3.02. The van der Waals surface area contributed by atoms with Gasteiger partial charge >= 0.3 is 0 Å². The van der Waals surface area contributed by atoms with Gasteiger partial charge in [-0.3, -0.25) is 0 Å². The van der Waals surface area contributed by atoms with E-state index in [0.29, 0.717) is 6.61 Å². The smallest absolute Gasteiger partial charge is 0.158 e. The third-order valence-corrected chi connectivity index (χ3v) is 2.71. The minimum Gasteiger partial charge on any atom is -0.365 e. The first-order valence-corrected chi connectivity index (χ1v) is 5.45. The summed E-state index contributed by atoms with van der Waals surface area (Å²) in [5.41, 5.74) is -0.0109. The Labute approximate surface area is 89.8 Å². The van der Waals surface area contributed by atoms with Gasteiger partial charge in [0.15, 0.2) is 5.82 Å². The summed E-state index contributed by atoms with van der Waals surface area (Å²) in [7, 11) is 0. The second-order valence-electron chi connectivity index (χ2n) is 4.28. The summed E-state index contributed by atoms with van der Waals surface area (Å²) in [6.45, 7) is 7.62. The zero-order chi connectivity index (χ0) is 10.7. The van der Waals surface area contributed by atoms with Gasteiger partial charge in [0.25, 0.3) is 0 Å². The van der Waals surface area contributed by atoms with Crippen molar-refractivity contribution in [1.29, 1.82) is 0 Å². The molecule has 0 unspecified atom stereocenters. The zero-order valence-corrected chi connectivity index (χ0v) is 9.36. The van der Waals surface area contributed by atoms with E-state index in [1.54, 1.807) is 6.33 Å². The van der Waals surface area contributed by atoms with E-state index in [1.807, 2.05) is 0 Å². The molecule has 5 nitrogen and oxygen atoms in total. The van der Waals surface area contributed by atoms with Gasteiger partial charge in [0.2, 0.25) is 0 Å². The van der Waals surface area contributed by atoms with Crippen LogP contribution < -0.4 is 5.32 Å². The van der Waals surface area contributed by atoms with E-state index in [9.17, 15) is 0 Å². The molecule has 0 amide bonds. The van der Waals surface area contributed by atoms with Crippen LogP contribution in [0.5, 0.6) is 0 Å². The normalized spacial score (nSPS) is 18.8. The molecule has 1 fully saturated rings. The van der Waals surface area contributed by atoms with E-state index in [1.165, 1.54) is 0 Å². The average Bonchev–Trinajstić information content (AvgIpc) is 2.60. The van der Waals surface area contributed by atoms with Gasteiger partial charge in [0, 0.05) is 19.6 Å². The van der Waals surface area contributed by atoms with Crippen molar-refractivity contribution in [3.8, 4) is 0 Å². The number of hydrogen-bond acceptors (Lipinski definition) is 4. The first-order valence-electron chi connectivity index (χ1n) is 5.45. The standard InChI is InChI=1S/C10H18N4O/c1-3-4-14-8-12-13-9(14)5-15-10(2)6-11-7-10/h8,11H,3-7H2,1-2H3. The highest BCUT2D eigenvalue weighted by atomic mass is 16.5. The highest BCUT2D eigenvalue weighted by Crippen LogP contribution is 2.17. The highest BCUT2D eigenvalue weighted by molar-refractivity contribution is 4.92. The Morgan fingerprint density at radius 3 is 3.00 bits per heavy atom. The molecule has 0 aliphatic carbocycles. The van der Waals surface area contributed by atoms with Crippen LogP contribution in [0.25, 0.3) is 0 Å².